The predicted molar refractivity (Wildman–Crippen MR) is 118 cm³/mol. The van der Waals surface area contributed by atoms with Crippen molar-refractivity contribution in [1.29, 1.82) is 0 Å². The minimum atomic E-state index is -1.49. The first-order valence-corrected chi connectivity index (χ1v) is 9.51. The number of fused-ring (bicyclic) bond motifs is 6. The van der Waals surface area contributed by atoms with Gasteiger partial charge in [0.2, 0.25) is 0 Å². The van der Waals surface area contributed by atoms with Crippen molar-refractivity contribution in [3.63, 3.8) is 0 Å². The second-order valence-electron chi connectivity index (χ2n) is 7.28. The minimum absolute atomic E-state index is 0.480. The van der Waals surface area contributed by atoms with Crippen LogP contribution in [0.25, 0.3) is 49.4 Å². The van der Waals surface area contributed by atoms with Gasteiger partial charge < -0.3 is 19.0 Å². The lowest BCUT2D eigenvalue weighted by Gasteiger charge is -2.08. The Kier molecular flexibility index (Phi) is 3.39. The van der Waals surface area contributed by atoms with E-state index in [0.717, 1.165) is 49.4 Å². The molecule has 4 nitrogen and oxygen atoms in total. The summed E-state index contributed by atoms with van der Waals surface area (Å²) in [5, 5.41) is 23.5. The zero-order valence-electron chi connectivity index (χ0n) is 15.4. The van der Waals surface area contributed by atoms with E-state index < -0.39 is 7.12 Å². The van der Waals surface area contributed by atoms with Crippen LogP contribution in [0.4, 0.5) is 0 Å². The highest BCUT2D eigenvalue weighted by Gasteiger charge is 2.17. The van der Waals surface area contributed by atoms with Crippen LogP contribution in [0.2, 0.25) is 0 Å². The molecule has 0 saturated heterocycles. The molecular formula is C24H16BNO3. The molecule has 0 aliphatic carbocycles. The van der Waals surface area contributed by atoms with Gasteiger partial charge in [0.15, 0.2) is 0 Å². The van der Waals surface area contributed by atoms with Gasteiger partial charge in [0.05, 0.1) is 11.0 Å². The quantitative estimate of drug-likeness (QED) is 0.441. The Bertz CT molecular complexity index is 1540. The maximum absolute atomic E-state index is 9.60. The normalized spacial score (nSPS) is 11.8. The molecule has 138 valence electrons. The molecule has 2 aromatic heterocycles. The van der Waals surface area contributed by atoms with Crippen molar-refractivity contribution in [3.8, 4) is 5.69 Å². The van der Waals surface area contributed by atoms with Crippen molar-refractivity contribution >= 4 is 56.3 Å². The fraction of sp³-hybridized carbons (Fsp3) is 0. The number of aromatic nitrogens is 1. The van der Waals surface area contributed by atoms with Gasteiger partial charge in [-0.05, 0) is 35.8 Å². The minimum Gasteiger partial charge on any atom is -0.456 e. The van der Waals surface area contributed by atoms with E-state index in [-0.39, 0.29) is 0 Å². The van der Waals surface area contributed by atoms with Crippen LogP contribution >= 0.6 is 0 Å². The van der Waals surface area contributed by atoms with Crippen LogP contribution in [0.1, 0.15) is 0 Å². The van der Waals surface area contributed by atoms with E-state index in [1.807, 2.05) is 42.5 Å². The average molecular weight is 377 g/mol. The van der Waals surface area contributed by atoms with E-state index in [9.17, 15) is 10.0 Å². The van der Waals surface area contributed by atoms with Crippen LogP contribution in [-0.4, -0.2) is 21.7 Å². The van der Waals surface area contributed by atoms with Gasteiger partial charge in [-0.1, -0.05) is 48.5 Å². The van der Waals surface area contributed by atoms with Crippen molar-refractivity contribution < 1.29 is 14.5 Å². The monoisotopic (exact) mass is 377 g/mol. The van der Waals surface area contributed by atoms with Crippen molar-refractivity contribution in [2.45, 2.75) is 0 Å². The third-order valence-electron chi connectivity index (χ3n) is 5.62. The van der Waals surface area contributed by atoms with Crippen LogP contribution in [0.15, 0.2) is 89.3 Å². The third-order valence-corrected chi connectivity index (χ3v) is 5.62. The van der Waals surface area contributed by atoms with Crippen LogP contribution in [-0.2, 0) is 0 Å². The first-order valence-electron chi connectivity index (χ1n) is 9.51. The Morgan fingerprint density at radius 1 is 0.621 bits per heavy atom. The lowest BCUT2D eigenvalue weighted by Crippen LogP contribution is -2.29. The number of nitrogens with zero attached hydrogens (tertiary/aromatic N) is 1. The summed E-state index contributed by atoms with van der Waals surface area (Å²) in [6, 6.07) is 28.0. The summed E-state index contributed by atoms with van der Waals surface area (Å²) in [5.74, 6) is 0. The highest BCUT2D eigenvalue weighted by atomic mass is 16.4. The van der Waals surface area contributed by atoms with E-state index in [1.165, 1.54) is 0 Å². The Hall–Kier alpha value is -3.54. The zero-order chi connectivity index (χ0) is 19.5. The first kappa shape index (κ1) is 16.4. The summed E-state index contributed by atoms with van der Waals surface area (Å²) < 4.78 is 8.27. The SMILES string of the molecule is OB(O)c1ccc2c(c1)c1ccccc1n2-c1ccc2c(c1)oc1ccccc12. The Labute approximate surface area is 166 Å². The van der Waals surface area contributed by atoms with E-state index in [1.54, 1.807) is 6.07 Å². The predicted octanol–water partition coefficient (Wildman–Crippen LogP) is 4.36. The Morgan fingerprint density at radius 3 is 2.21 bits per heavy atom. The van der Waals surface area contributed by atoms with Crippen molar-refractivity contribution in [2.75, 3.05) is 0 Å². The molecule has 0 aliphatic heterocycles. The zero-order valence-corrected chi connectivity index (χ0v) is 15.4. The molecule has 0 amide bonds. The smallest absolute Gasteiger partial charge is 0.456 e. The second kappa shape index (κ2) is 5.98. The average Bonchev–Trinajstić information content (AvgIpc) is 3.28. The lowest BCUT2D eigenvalue weighted by atomic mass is 9.80. The number of hydrogen-bond donors (Lipinski definition) is 2. The lowest BCUT2D eigenvalue weighted by molar-refractivity contribution is 0.426. The third kappa shape index (κ3) is 2.35. The summed E-state index contributed by atoms with van der Waals surface area (Å²) in [7, 11) is -1.49. The molecule has 0 aliphatic rings. The van der Waals surface area contributed by atoms with Gasteiger partial charge in [-0.3, -0.25) is 0 Å². The van der Waals surface area contributed by atoms with Crippen LogP contribution in [0.3, 0.4) is 0 Å². The van der Waals surface area contributed by atoms with Gasteiger partial charge >= 0.3 is 7.12 Å². The molecule has 0 saturated carbocycles. The molecule has 4 aromatic carbocycles. The highest BCUT2D eigenvalue weighted by Crippen LogP contribution is 2.34. The standard InChI is InChI=1S/C24H16BNO3/c27-25(28)15-9-12-22-20(13-15)17-5-1-3-7-21(17)26(22)16-10-11-19-18-6-2-4-8-23(18)29-24(19)14-16/h1-14,27-28H. The highest BCUT2D eigenvalue weighted by molar-refractivity contribution is 6.59. The molecule has 0 spiro atoms. The molecule has 0 fully saturated rings. The van der Waals surface area contributed by atoms with Crippen molar-refractivity contribution in [3.05, 3.63) is 84.9 Å². The Balaban J connectivity index is 1.68. The molecular weight excluding hydrogens is 361 g/mol. The number of hydrogen-bond acceptors (Lipinski definition) is 3. The largest absolute Gasteiger partial charge is 0.488 e. The second-order valence-corrected chi connectivity index (χ2v) is 7.28. The van der Waals surface area contributed by atoms with Crippen LogP contribution in [0, 0.1) is 0 Å². The summed E-state index contributed by atoms with van der Waals surface area (Å²) in [6.45, 7) is 0. The fourth-order valence-electron chi connectivity index (χ4n) is 4.28. The van der Waals surface area contributed by atoms with Crippen molar-refractivity contribution in [2.24, 2.45) is 0 Å². The number of benzene rings is 4. The van der Waals surface area contributed by atoms with E-state index in [4.69, 9.17) is 4.42 Å². The summed E-state index contributed by atoms with van der Waals surface area (Å²) in [4.78, 5) is 0. The molecule has 2 N–H and O–H groups in total. The van der Waals surface area contributed by atoms with E-state index in [0.29, 0.717) is 5.46 Å². The molecule has 0 bridgehead atoms. The number of para-hydroxylation sites is 2. The first-order chi connectivity index (χ1) is 14.2. The number of rotatable bonds is 2. The molecule has 29 heavy (non-hydrogen) atoms. The molecule has 6 rings (SSSR count). The maximum atomic E-state index is 9.60. The fourth-order valence-corrected chi connectivity index (χ4v) is 4.28. The Morgan fingerprint density at radius 2 is 1.34 bits per heavy atom. The topological polar surface area (TPSA) is 58.5 Å². The van der Waals surface area contributed by atoms with Crippen LogP contribution in [0.5, 0.6) is 0 Å². The molecule has 0 atom stereocenters. The van der Waals surface area contributed by atoms with Crippen molar-refractivity contribution in [1.82, 2.24) is 4.57 Å². The molecule has 0 radical (unpaired) electrons. The summed E-state index contributed by atoms with van der Waals surface area (Å²) >= 11 is 0. The van der Waals surface area contributed by atoms with E-state index >= 15 is 0 Å². The molecule has 6 aromatic rings. The maximum Gasteiger partial charge on any atom is 0.488 e. The molecule has 2 heterocycles. The van der Waals surface area contributed by atoms with Gasteiger partial charge in [0, 0.05) is 33.3 Å². The summed E-state index contributed by atoms with van der Waals surface area (Å²) in [6.07, 6.45) is 0. The van der Waals surface area contributed by atoms with E-state index in [2.05, 4.69) is 41.0 Å². The van der Waals surface area contributed by atoms with Gasteiger partial charge in [-0.25, -0.2) is 0 Å². The molecule has 5 heteroatoms. The van der Waals surface area contributed by atoms with Gasteiger partial charge in [0.1, 0.15) is 11.2 Å². The van der Waals surface area contributed by atoms with Crippen LogP contribution < -0.4 is 5.46 Å². The van der Waals surface area contributed by atoms with Gasteiger partial charge in [0.25, 0.3) is 0 Å². The van der Waals surface area contributed by atoms with Gasteiger partial charge in [-0.15, -0.1) is 0 Å². The van der Waals surface area contributed by atoms with Gasteiger partial charge in [-0.2, -0.15) is 0 Å². The number of furan rings is 1. The molecule has 0 unspecified atom stereocenters. The summed E-state index contributed by atoms with van der Waals surface area (Å²) in [5.41, 5.74) is 5.27.